The van der Waals surface area contributed by atoms with Crippen molar-refractivity contribution in [1.29, 1.82) is 0 Å². The highest BCUT2D eigenvalue weighted by atomic mass is 32.2. The number of unbranched alkanes of at least 4 members (excludes halogenated alkanes) is 4. The van der Waals surface area contributed by atoms with E-state index in [0.717, 1.165) is 23.4 Å². The first-order valence-electron chi connectivity index (χ1n) is 7.43. The van der Waals surface area contributed by atoms with Gasteiger partial charge in [-0.3, -0.25) is 9.59 Å². The maximum atomic E-state index is 11.9. The molecule has 0 aromatic heterocycles. The van der Waals surface area contributed by atoms with Gasteiger partial charge in [-0.2, -0.15) is 0 Å². The fourth-order valence-corrected chi connectivity index (χ4v) is 2.69. The zero-order valence-corrected chi connectivity index (χ0v) is 13.4. The molecule has 21 heavy (non-hydrogen) atoms. The molecular weight excluding hydrogens is 284 g/mol. The highest BCUT2D eigenvalue weighted by Gasteiger charge is 2.07. The van der Waals surface area contributed by atoms with Gasteiger partial charge in [-0.05, 0) is 18.6 Å². The lowest BCUT2D eigenvalue weighted by Gasteiger charge is -2.10. The van der Waals surface area contributed by atoms with Crippen LogP contribution in [0.25, 0.3) is 0 Å². The summed E-state index contributed by atoms with van der Waals surface area (Å²) in [5.74, 6) is -0.125. The Morgan fingerprint density at radius 2 is 1.86 bits per heavy atom. The molecule has 0 saturated heterocycles. The number of benzene rings is 1. The highest BCUT2D eigenvalue weighted by Crippen LogP contribution is 2.26. The van der Waals surface area contributed by atoms with Gasteiger partial charge < -0.3 is 11.1 Å². The Kier molecular flexibility index (Phi) is 8.59. The lowest BCUT2D eigenvalue weighted by Crippen LogP contribution is -2.14. The molecule has 1 rings (SSSR count). The number of carbonyl (C=O) groups is 2. The van der Waals surface area contributed by atoms with Gasteiger partial charge in [0.05, 0.1) is 11.4 Å². The Bertz CT molecular complexity index is 463. The number of nitrogens with two attached hydrogens (primary N) is 1. The van der Waals surface area contributed by atoms with Crippen LogP contribution in [0, 0.1) is 0 Å². The minimum Gasteiger partial charge on any atom is -0.369 e. The molecule has 116 valence electrons. The van der Waals surface area contributed by atoms with Crippen LogP contribution < -0.4 is 11.1 Å². The maximum absolute atomic E-state index is 11.9. The van der Waals surface area contributed by atoms with Crippen LogP contribution in [-0.4, -0.2) is 17.6 Å². The molecule has 5 heteroatoms. The molecule has 0 aliphatic rings. The molecule has 0 unspecified atom stereocenters. The van der Waals surface area contributed by atoms with Crippen LogP contribution in [-0.2, 0) is 9.59 Å². The predicted octanol–water partition coefficient (Wildman–Crippen LogP) is 3.56. The minimum atomic E-state index is -0.364. The Hall–Kier alpha value is -1.49. The van der Waals surface area contributed by atoms with Gasteiger partial charge in [0.25, 0.3) is 0 Å². The number of anilines is 1. The van der Waals surface area contributed by atoms with Crippen molar-refractivity contribution in [2.24, 2.45) is 5.73 Å². The third-order valence-corrected chi connectivity index (χ3v) is 4.13. The summed E-state index contributed by atoms with van der Waals surface area (Å²) in [6.07, 6.45) is 6.18. The normalized spacial score (nSPS) is 10.3. The first kappa shape index (κ1) is 17.6. The SMILES string of the molecule is CCCCCCCC(=O)Nc1ccccc1SCC(N)=O. The van der Waals surface area contributed by atoms with Gasteiger partial charge in [-0.15, -0.1) is 11.8 Å². The van der Waals surface area contributed by atoms with E-state index in [1.54, 1.807) is 0 Å². The number of nitrogens with one attached hydrogen (secondary N) is 1. The number of para-hydroxylation sites is 1. The topological polar surface area (TPSA) is 72.2 Å². The molecule has 4 nitrogen and oxygen atoms in total. The third-order valence-electron chi connectivity index (χ3n) is 3.04. The van der Waals surface area contributed by atoms with Gasteiger partial charge in [0, 0.05) is 11.3 Å². The van der Waals surface area contributed by atoms with E-state index in [1.165, 1.54) is 31.0 Å². The molecule has 0 atom stereocenters. The summed E-state index contributed by atoms with van der Waals surface area (Å²) >= 11 is 1.34. The molecule has 2 amide bonds. The second-order valence-electron chi connectivity index (χ2n) is 4.96. The van der Waals surface area contributed by atoms with Crippen molar-refractivity contribution in [3.63, 3.8) is 0 Å². The molecule has 0 aliphatic carbocycles. The second-order valence-corrected chi connectivity index (χ2v) is 5.98. The maximum Gasteiger partial charge on any atom is 0.227 e. The molecule has 0 fully saturated rings. The quantitative estimate of drug-likeness (QED) is 0.513. The summed E-state index contributed by atoms with van der Waals surface area (Å²) in [6, 6.07) is 7.47. The van der Waals surface area contributed by atoms with Crippen molar-refractivity contribution >= 4 is 29.3 Å². The number of carbonyl (C=O) groups excluding carboxylic acids is 2. The second kappa shape index (κ2) is 10.3. The van der Waals surface area contributed by atoms with E-state index in [2.05, 4.69) is 12.2 Å². The van der Waals surface area contributed by atoms with Crippen molar-refractivity contribution in [2.75, 3.05) is 11.1 Å². The number of primary amides is 1. The number of amides is 2. The van der Waals surface area contributed by atoms with Crippen LogP contribution >= 0.6 is 11.8 Å². The lowest BCUT2D eigenvalue weighted by molar-refractivity contribution is -0.116. The van der Waals surface area contributed by atoms with Gasteiger partial charge in [-0.1, -0.05) is 44.7 Å². The van der Waals surface area contributed by atoms with Crippen molar-refractivity contribution in [3.8, 4) is 0 Å². The molecule has 1 aromatic carbocycles. The predicted molar refractivity (Wildman–Crippen MR) is 88.4 cm³/mol. The molecular formula is C16H24N2O2S. The van der Waals surface area contributed by atoms with Gasteiger partial charge in [-0.25, -0.2) is 0 Å². The van der Waals surface area contributed by atoms with Crippen molar-refractivity contribution < 1.29 is 9.59 Å². The summed E-state index contributed by atoms with van der Waals surface area (Å²) in [5.41, 5.74) is 5.90. The summed E-state index contributed by atoms with van der Waals surface area (Å²) in [6.45, 7) is 2.17. The standard InChI is InChI=1S/C16H24N2O2S/c1-2-3-4-5-6-11-16(20)18-13-9-7-8-10-14(13)21-12-15(17)19/h7-10H,2-6,11-12H2,1H3,(H2,17,19)(H,18,20). The Morgan fingerprint density at radius 1 is 1.14 bits per heavy atom. The van der Waals surface area contributed by atoms with Crippen molar-refractivity contribution in [3.05, 3.63) is 24.3 Å². The molecule has 3 N–H and O–H groups in total. The van der Waals surface area contributed by atoms with E-state index in [4.69, 9.17) is 5.73 Å². The fraction of sp³-hybridized carbons (Fsp3) is 0.500. The number of hydrogen-bond acceptors (Lipinski definition) is 3. The van der Waals surface area contributed by atoms with Crippen molar-refractivity contribution in [2.45, 2.75) is 50.3 Å². The molecule has 0 spiro atoms. The van der Waals surface area contributed by atoms with Crippen molar-refractivity contribution in [1.82, 2.24) is 0 Å². The fourth-order valence-electron chi connectivity index (χ4n) is 1.95. The summed E-state index contributed by atoms with van der Waals surface area (Å²) in [4.78, 5) is 23.6. The molecule has 0 saturated carbocycles. The monoisotopic (exact) mass is 308 g/mol. The number of hydrogen-bond donors (Lipinski definition) is 2. The van der Waals surface area contributed by atoms with E-state index >= 15 is 0 Å². The molecule has 1 aromatic rings. The van der Waals surface area contributed by atoms with Gasteiger partial charge >= 0.3 is 0 Å². The molecule has 0 bridgehead atoms. The van der Waals surface area contributed by atoms with Crippen LogP contribution in [0.1, 0.15) is 45.4 Å². The van der Waals surface area contributed by atoms with E-state index < -0.39 is 0 Å². The van der Waals surface area contributed by atoms with E-state index in [0.29, 0.717) is 6.42 Å². The Balaban J connectivity index is 2.42. The van der Waals surface area contributed by atoms with Gasteiger partial charge in [0.2, 0.25) is 11.8 Å². The number of rotatable bonds is 10. The molecule has 0 heterocycles. The van der Waals surface area contributed by atoms with E-state index in [-0.39, 0.29) is 17.6 Å². The molecule has 0 aliphatic heterocycles. The van der Waals surface area contributed by atoms with E-state index in [9.17, 15) is 9.59 Å². The van der Waals surface area contributed by atoms with Crippen LogP contribution in [0.2, 0.25) is 0 Å². The summed E-state index contributed by atoms with van der Waals surface area (Å²) < 4.78 is 0. The Labute approximate surface area is 130 Å². The summed E-state index contributed by atoms with van der Waals surface area (Å²) in [7, 11) is 0. The smallest absolute Gasteiger partial charge is 0.227 e. The van der Waals surface area contributed by atoms with Crippen LogP contribution in [0.15, 0.2) is 29.2 Å². The lowest BCUT2D eigenvalue weighted by atomic mass is 10.1. The third kappa shape index (κ3) is 7.75. The summed E-state index contributed by atoms with van der Waals surface area (Å²) in [5, 5.41) is 2.91. The van der Waals surface area contributed by atoms with Crippen LogP contribution in [0.3, 0.4) is 0 Å². The average molecular weight is 308 g/mol. The van der Waals surface area contributed by atoms with E-state index in [1.807, 2.05) is 24.3 Å². The average Bonchev–Trinajstić information content (AvgIpc) is 2.46. The largest absolute Gasteiger partial charge is 0.369 e. The van der Waals surface area contributed by atoms with Gasteiger partial charge in [0.1, 0.15) is 0 Å². The van der Waals surface area contributed by atoms with Gasteiger partial charge in [0.15, 0.2) is 0 Å². The molecule has 0 radical (unpaired) electrons. The number of thioether (sulfide) groups is 1. The van der Waals surface area contributed by atoms with Crippen LogP contribution in [0.4, 0.5) is 5.69 Å². The zero-order valence-electron chi connectivity index (χ0n) is 12.6. The Morgan fingerprint density at radius 3 is 2.57 bits per heavy atom. The first-order chi connectivity index (χ1) is 10.1. The van der Waals surface area contributed by atoms with Crippen LogP contribution in [0.5, 0.6) is 0 Å². The first-order valence-corrected chi connectivity index (χ1v) is 8.42. The zero-order chi connectivity index (χ0) is 15.5. The highest BCUT2D eigenvalue weighted by molar-refractivity contribution is 8.00. The minimum absolute atomic E-state index is 0.0265.